The first kappa shape index (κ1) is 20.6. The molecule has 2 aliphatic rings. The summed E-state index contributed by atoms with van der Waals surface area (Å²) in [6.45, 7) is 0.0989. The van der Waals surface area contributed by atoms with Gasteiger partial charge in [0, 0.05) is 23.6 Å². The van der Waals surface area contributed by atoms with Crippen molar-refractivity contribution < 1.29 is 22.7 Å². The molecular weight excluding hydrogens is 404 g/mol. The molecule has 2 saturated heterocycles. The van der Waals surface area contributed by atoms with Gasteiger partial charge in [-0.05, 0) is 12.1 Å². The maximum absolute atomic E-state index is 13.7. The lowest BCUT2D eigenvalue weighted by Crippen LogP contribution is -2.49. The lowest BCUT2D eigenvalue weighted by Gasteiger charge is -2.35. The van der Waals surface area contributed by atoms with E-state index in [9.17, 15) is 18.0 Å². The van der Waals surface area contributed by atoms with Crippen molar-refractivity contribution in [2.45, 2.75) is 24.5 Å². The monoisotopic (exact) mass is 418 g/mol. The zero-order chi connectivity index (χ0) is 17.5. The van der Waals surface area contributed by atoms with Crippen molar-refractivity contribution >= 4 is 41.5 Å². The second kappa shape index (κ2) is 7.88. The molecule has 1 aromatic rings. The summed E-state index contributed by atoms with van der Waals surface area (Å²) >= 11 is 11.8. The summed E-state index contributed by atoms with van der Waals surface area (Å²) in [6.07, 6.45) is -1.16. The summed E-state index contributed by atoms with van der Waals surface area (Å²) in [4.78, 5) is 13.9. The van der Waals surface area contributed by atoms with Gasteiger partial charge in [0.25, 0.3) is 5.92 Å². The topological polar surface area (TPSA) is 41.6 Å². The zero-order valence-corrected chi connectivity index (χ0v) is 15.2. The number of amides is 1. The third-order valence-electron chi connectivity index (χ3n) is 4.17. The number of carbonyl (C=O) groups is 1. The maximum Gasteiger partial charge on any atom is 0.262 e. The minimum atomic E-state index is -2.88. The van der Waals surface area contributed by atoms with Crippen LogP contribution in [-0.4, -0.2) is 49.0 Å². The number of hydrogen-bond donors (Lipinski definition) is 1. The molecule has 140 valence electrons. The van der Waals surface area contributed by atoms with Crippen molar-refractivity contribution in [3.63, 3.8) is 0 Å². The number of rotatable bonds is 2. The van der Waals surface area contributed by atoms with Crippen molar-refractivity contribution in [3.8, 4) is 0 Å². The van der Waals surface area contributed by atoms with Gasteiger partial charge in [-0.15, -0.1) is 12.4 Å². The van der Waals surface area contributed by atoms with Crippen LogP contribution in [0.1, 0.15) is 18.1 Å². The molecule has 0 aromatic heterocycles. The number of ether oxygens (including phenoxy) is 1. The van der Waals surface area contributed by atoms with Gasteiger partial charge in [0.1, 0.15) is 11.9 Å². The van der Waals surface area contributed by atoms with Gasteiger partial charge in [-0.3, -0.25) is 10.1 Å². The minimum absolute atomic E-state index is 0. The molecule has 1 N–H and O–H groups in total. The van der Waals surface area contributed by atoms with Crippen LogP contribution in [0.25, 0.3) is 0 Å². The maximum atomic E-state index is 13.7. The number of halogens is 6. The number of hydrogen-bond acceptors (Lipinski definition) is 3. The Balaban J connectivity index is 0.00000225. The largest absolute Gasteiger partial charge is 0.370 e. The van der Waals surface area contributed by atoms with Crippen LogP contribution in [0.3, 0.4) is 0 Å². The molecule has 2 atom stereocenters. The fourth-order valence-corrected chi connectivity index (χ4v) is 3.44. The van der Waals surface area contributed by atoms with Gasteiger partial charge >= 0.3 is 0 Å². The average Bonchev–Trinajstić information content (AvgIpc) is 2.90. The number of morpholine rings is 1. The molecule has 10 heteroatoms. The van der Waals surface area contributed by atoms with Crippen LogP contribution in [0.5, 0.6) is 0 Å². The van der Waals surface area contributed by atoms with Crippen molar-refractivity contribution in [2.24, 2.45) is 0 Å². The summed E-state index contributed by atoms with van der Waals surface area (Å²) in [7, 11) is 0. The molecule has 4 nitrogen and oxygen atoms in total. The van der Waals surface area contributed by atoms with Crippen LogP contribution < -0.4 is 5.32 Å². The van der Waals surface area contributed by atoms with E-state index in [1.165, 1.54) is 17.0 Å². The lowest BCUT2D eigenvalue weighted by molar-refractivity contribution is -0.141. The molecule has 0 radical (unpaired) electrons. The summed E-state index contributed by atoms with van der Waals surface area (Å²) in [5.74, 6) is -3.93. The third-order valence-corrected chi connectivity index (χ3v) is 4.79. The van der Waals surface area contributed by atoms with Crippen molar-refractivity contribution in [3.05, 3.63) is 33.6 Å². The summed E-state index contributed by atoms with van der Waals surface area (Å²) in [5, 5.41) is 2.66. The van der Waals surface area contributed by atoms with Gasteiger partial charge < -0.3 is 9.64 Å². The summed E-state index contributed by atoms with van der Waals surface area (Å²) < 4.78 is 45.8. The Morgan fingerprint density at radius 3 is 2.68 bits per heavy atom. The number of alkyl halides is 2. The lowest BCUT2D eigenvalue weighted by atomic mass is 10.1. The molecule has 2 heterocycles. The molecule has 1 amide bonds. The molecular formula is C15H16Cl3F3N2O2. The Morgan fingerprint density at radius 1 is 1.32 bits per heavy atom. The van der Waals surface area contributed by atoms with E-state index in [0.717, 1.165) is 0 Å². The average molecular weight is 420 g/mol. The fraction of sp³-hybridized carbons (Fsp3) is 0.533. The molecule has 25 heavy (non-hydrogen) atoms. The van der Waals surface area contributed by atoms with E-state index in [1.807, 2.05) is 0 Å². The van der Waals surface area contributed by atoms with Crippen molar-refractivity contribution in [1.82, 2.24) is 10.2 Å². The SMILES string of the molecule is Cl.O=C(C1CC(F)(F)CN1)N1CCOC(c2cc(F)c(Cl)cc2Cl)C1. The minimum Gasteiger partial charge on any atom is -0.370 e. The highest BCUT2D eigenvalue weighted by Crippen LogP contribution is 2.33. The van der Waals surface area contributed by atoms with Crippen LogP contribution in [0, 0.1) is 5.82 Å². The van der Waals surface area contributed by atoms with Crippen LogP contribution in [0.15, 0.2) is 12.1 Å². The molecule has 1 aromatic carbocycles. The Hall–Kier alpha value is -0.730. The van der Waals surface area contributed by atoms with Gasteiger partial charge in [0.05, 0.1) is 30.8 Å². The first-order valence-electron chi connectivity index (χ1n) is 7.43. The predicted molar refractivity (Wildman–Crippen MR) is 90.3 cm³/mol. The second-order valence-corrected chi connectivity index (χ2v) is 6.74. The van der Waals surface area contributed by atoms with E-state index in [0.29, 0.717) is 5.56 Å². The number of nitrogens with one attached hydrogen (secondary N) is 1. The summed E-state index contributed by atoms with van der Waals surface area (Å²) in [5.41, 5.74) is 0.376. The predicted octanol–water partition coefficient (Wildman–Crippen LogP) is 3.45. The van der Waals surface area contributed by atoms with Crippen LogP contribution in [0.4, 0.5) is 13.2 Å². The van der Waals surface area contributed by atoms with E-state index in [2.05, 4.69) is 5.32 Å². The van der Waals surface area contributed by atoms with Crippen molar-refractivity contribution in [2.75, 3.05) is 26.2 Å². The molecule has 0 bridgehead atoms. The van der Waals surface area contributed by atoms with Crippen molar-refractivity contribution in [1.29, 1.82) is 0 Å². The molecule has 0 spiro atoms. The number of carbonyl (C=O) groups excluding carboxylic acids is 1. The van der Waals surface area contributed by atoms with E-state index in [1.54, 1.807) is 0 Å². The number of nitrogens with zero attached hydrogens (tertiary/aromatic N) is 1. The number of benzene rings is 1. The first-order valence-corrected chi connectivity index (χ1v) is 8.18. The highest BCUT2D eigenvalue weighted by atomic mass is 35.5. The first-order chi connectivity index (χ1) is 11.3. The summed E-state index contributed by atoms with van der Waals surface area (Å²) in [6, 6.07) is 1.53. The molecule has 2 fully saturated rings. The zero-order valence-electron chi connectivity index (χ0n) is 12.9. The second-order valence-electron chi connectivity index (χ2n) is 5.93. The highest BCUT2D eigenvalue weighted by molar-refractivity contribution is 6.35. The highest BCUT2D eigenvalue weighted by Gasteiger charge is 2.44. The molecule has 0 aliphatic carbocycles. The normalized spacial score (nSPS) is 25.6. The Morgan fingerprint density at radius 2 is 2.04 bits per heavy atom. The quantitative estimate of drug-likeness (QED) is 0.747. The van der Waals surface area contributed by atoms with Crippen LogP contribution in [0.2, 0.25) is 10.0 Å². The van der Waals surface area contributed by atoms with Crippen LogP contribution >= 0.6 is 35.6 Å². The van der Waals surface area contributed by atoms with E-state index < -0.39 is 42.8 Å². The Bertz CT molecular complexity index is 663. The Kier molecular flexibility index (Phi) is 6.49. The van der Waals surface area contributed by atoms with Gasteiger partial charge in [0.15, 0.2) is 0 Å². The van der Waals surface area contributed by atoms with Gasteiger partial charge in [-0.2, -0.15) is 0 Å². The van der Waals surface area contributed by atoms with E-state index >= 15 is 0 Å². The fourth-order valence-electron chi connectivity index (χ4n) is 2.93. The smallest absolute Gasteiger partial charge is 0.262 e. The standard InChI is InChI=1S/C15H15Cl2F3N2O2.ClH/c16-9-4-10(17)11(18)3-8(9)13-6-22(1-2-24-13)14(23)12-5-15(19,20)7-21-12;/h3-4,12-13,21H,1-2,5-7H2;1H. The van der Waals surface area contributed by atoms with Gasteiger partial charge in [-0.1, -0.05) is 23.2 Å². The molecule has 2 unspecified atom stereocenters. The molecule has 3 rings (SSSR count). The molecule has 0 saturated carbocycles. The van der Waals surface area contributed by atoms with Crippen LogP contribution in [-0.2, 0) is 9.53 Å². The van der Waals surface area contributed by atoms with Gasteiger partial charge in [-0.25, -0.2) is 13.2 Å². The van der Waals surface area contributed by atoms with E-state index in [4.69, 9.17) is 27.9 Å². The Labute approximate surface area is 159 Å². The van der Waals surface area contributed by atoms with E-state index in [-0.39, 0.29) is 42.1 Å². The third kappa shape index (κ3) is 4.52. The van der Waals surface area contributed by atoms with Gasteiger partial charge in [0.2, 0.25) is 5.91 Å². The molecule has 2 aliphatic heterocycles.